The van der Waals surface area contributed by atoms with Crippen LogP contribution in [0, 0.1) is 0 Å². The van der Waals surface area contributed by atoms with Crippen LogP contribution < -0.4 is 10.6 Å². The number of nitrogens with one attached hydrogen (secondary N) is 2. The van der Waals surface area contributed by atoms with Crippen LogP contribution in [0.3, 0.4) is 0 Å². The van der Waals surface area contributed by atoms with Crippen molar-refractivity contribution in [3.8, 4) is 0 Å². The lowest BCUT2D eigenvalue weighted by atomic mass is 9.88. The lowest BCUT2D eigenvalue weighted by Crippen LogP contribution is -2.72. The van der Waals surface area contributed by atoms with Crippen molar-refractivity contribution in [2.75, 3.05) is 26.4 Å². The number of aliphatic hydroxyl groups is 15. The number of carboxylic acids is 1. The molecule has 2 amide bonds. The highest BCUT2D eigenvalue weighted by Crippen LogP contribution is 2.40. The van der Waals surface area contributed by atoms with Gasteiger partial charge in [-0.15, -0.1) is 0 Å². The van der Waals surface area contributed by atoms with E-state index in [1.54, 1.807) is 0 Å². The highest BCUT2D eigenvalue weighted by Gasteiger charge is 2.61. The van der Waals surface area contributed by atoms with Crippen LogP contribution in [0.2, 0.25) is 0 Å². The van der Waals surface area contributed by atoms with Gasteiger partial charge in [-0.2, -0.15) is 0 Å². The molecule has 5 saturated heterocycles. The van der Waals surface area contributed by atoms with E-state index in [-0.39, 0.29) is 0 Å². The van der Waals surface area contributed by atoms with Gasteiger partial charge in [0, 0.05) is 20.3 Å². The van der Waals surface area contributed by atoms with Crippen molar-refractivity contribution >= 4 is 17.8 Å². The van der Waals surface area contributed by atoms with E-state index in [9.17, 15) is 96.1 Å². The molecule has 18 N–H and O–H groups in total. The maximum atomic E-state index is 13.0. The Morgan fingerprint density at radius 1 is 0.612 bits per heavy atom. The van der Waals surface area contributed by atoms with Crippen LogP contribution in [0.25, 0.3) is 0 Å². The molecule has 0 unspecified atom stereocenters. The molecule has 30 heteroatoms. The molecular weight excluding hydrogens is 920 g/mol. The number of ether oxygens (including phenoxy) is 9. The van der Waals surface area contributed by atoms with Crippen molar-refractivity contribution in [2.45, 2.75) is 186 Å². The van der Waals surface area contributed by atoms with Crippen molar-refractivity contribution in [1.29, 1.82) is 0 Å². The predicted molar refractivity (Wildman–Crippen MR) is 206 cm³/mol. The molecule has 67 heavy (non-hydrogen) atoms. The van der Waals surface area contributed by atoms with Gasteiger partial charge >= 0.3 is 5.97 Å². The topological polar surface area (TPSA) is 482 Å². The van der Waals surface area contributed by atoms with E-state index in [1.807, 2.05) is 0 Å². The van der Waals surface area contributed by atoms with Crippen molar-refractivity contribution in [3.63, 3.8) is 0 Å². The molecule has 0 aromatic rings. The molecule has 0 aliphatic carbocycles. The highest BCUT2D eigenvalue weighted by molar-refractivity contribution is 5.76. The summed E-state index contributed by atoms with van der Waals surface area (Å²) in [6.07, 6.45) is -46.7. The number of rotatable bonds is 17. The van der Waals surface area contributed by atoms with Gasteiger partial charge in [0.25, 0.3) is 5.79 Å². The van der Waals surface area contributed by atoms with Gasteiger partial charge in [-0.3, -0.25) is 9.59 Å². The monoisotopic (exact) mass is 982 g/mol. The third-order valence-electron chi connectivity index (χ3n) is 12.1. The van der Waals surface area contributed by atoms with Crippen LogP contribution in [0.15, 0.2) is 0 Å². The van der Waals surface area contributed by atoms with Crippen LogP contribution in [-0.4, -0.2) is 285 Å². The molecule has 30 nitrogen and oxygen atoms in total. The zero-order chi connectivity index (χ0) is 50.0. The molecule has 5 fully saturated rings. The summed E-state index contributed by atoms with van der Waals surface area (Å²) in [5.74, 6) is -6.97. The lowest BCUT2D eigenvalue weighted by molar-refractivity contribution is -0.396. The van der Waals surface area contributed by atoms with Gasteiger partial charge in [-0.25, -0.2) is 4.79 Å². The zero-order valence-electron chi connectivity index (χ0n) is 36.0. The maximum absolute atomic E-state index is 13.0. The first-order chi connectivity index (χ1) is 31.4. The van der Waals surface area contributed by atoms with Crippen molar-refractivity contribution < 1.29 is 139 Å². The van der Waals surface area contributed by atoms with Crippen LogP contribution in [0.1, 0.15) is 27.2 Å². The van der Waals surface area contributed by atoms with Crippen molar-refractivity contribution in [1.82, 2.24) is 10.6 Å². The second-order valence-electron chi connectivity index (χ2n) is 16.8. The molecule has 0 aromatic carbocycles. The predicted octanol–water partition coefficient (Wildman–Crippen LogP) is -11.4. The molecule has 5 aliphatic heterocycles. The minimum Gasteiger partial charge on any atom is -0.477 e. The Morgan fingerprint density at radius 3 is 1.70 bits per heavy atom. The van der Waals surface area contributed by atoms with E-state index in [2.05, 4.69) is 10.6 Å². The van der Waals surface area contributed by atoms with Crippen LogP contribution in [0.4, 0.5) is 0 Å². The summed E-state index contributed by atoms with van der Waals surface area (Å²) < 4.78 is 51.7. The van der Waals surface area contributed by atoms with Gasteiger partial charge in [0.15, 0.2) is 25.2 Å². The molecule has 0 spiro atoms. The smallest absolute Gasteiger partial charge is 0.364 e. The van der Waals surface area contributed by atoms with Gasteiger partial charge < -0.3 is 135 Å². The van der Waals surface area contributed by atoms with Crippen molar-refractivity contribution in [2.24, 2.45) is 0 Å². The zero-order valence-corrected chi connectivity index (χ0v) is 36.0. The Morgan fingerprint density at radius 2 is 1.13 bits per heavy atom. The van der Waals surface area contributed by atoms with E-state index in [0.29, 0.717) is 0 Å². The van der Waals surface area contributed by atoms with Crippen LogP contribution >= 0.6 is 0 Å². The SMILES string of the molecule is CC(=O)N[C@@H]1[C@H](O[C@H]2[C@@H](O)[C@H](CO)O[C@@H](O)[C@H]2O)O[C@@H](CO)[C@@H](O[C@@H]2O[C@@H](CO)[C@H](O)[C@H](O[C@]3(C(=O)O)C[C@@H](O)[C@@H](NC(C)=O)[C@H]([C@H](O)[C@H](O)CO)O3)[C@@H]2O)[C@@H]1O[C@@H]1O[C@@H](C)[C@@H](O)[C@H](O)[C@@H]1O. The van der Waals surface area contributed by atoms with E-state index < -0.39 is 210 Å². The van der Waals surface area contributed by atoms with Crippen molar-refractivity contribution in [3.05, 3.63) is 0 Å². The molecular formula is C37H62N2O28. The van der Waals surface area contributed by atoms with Gasteiger partial charge in [0.1, 0.15) is 110 Å². The van der Waals surface area contributed by atoms with E-state index in [1.165, 1.54) is 6.92 Å². The fourth-order valence-electron chi connectivity index (χ4n) is 8.47. The molecule has 0 aromatic heterocycles. The molecule has 5 heterocycles. The van der Waals surface area contributed by atoms with Gasteiger partial charge in [-0.05, 0) is 6.92 Å². The summed E-state index contributed by atoms with van der Waals surface area (Å²) in [5.41, 5.74) is 0. The van der Waals surface area contributed by atoms with Gasteiger partial charge in [0.2, 0.25) is 11.8 Å². The quantitative estimate of drug-likeness (QED) is 0.0643. The Balaban J connectivity index is 1.55. The minimum absolute atomic E-state index is 0.817. The minimum atomic E-state index is -3.20. The number of hydrogen-bond acceptors (Lipinski definition) is 27. The molecule has 26 atom stereocenters. The summed E-state index contributed by atoms with van der Waals surface area (Å²) in [6, 6.07) is -3.47. The first-order valence-electron chi connectivity index (χ1n) is 21.1. The largest absolute Gasteiger partial charge is 0.477 e. The van der Waals surface area contributed by atoms with Crippen LogP contribution in [-0.2, 0) is 57.0 Å². The summed E-state index contributed by atoms with van der Waals surface area (Å²) in [7, 11) is 0. The highest BCUT2D eigenvalue weighted by atomic mass is 16.8. The number of carbonyl (C=O) groups excluding carboxylic acids is 2. The maximum Gasteiger partial charge on any atom is 0.364 e. The van der Waals surface area contributed by atoms with E-state index in [0.717, 1.165) is 13.8 Å². The fourth-order valence-corrected chi connectivity index (χ4v) is 8.47. The third kappa shape index (κ3) is 11.8. The average Bonchev–Trinajstić information content (AvgIpc) is 3.28. The standard InChI is InChI=1S/C37H62N2O28/c1-9-19(48)23(52)24(53)34(59-9)64-29-18(39-11(3)45)33(65-30-21(50)14(6-41)60-32(56)25(30)54)62-16(8-43)27(29)63-35-26(55)31(22(51)15(7-42)61-35)67-37(36(57)58)4-12(46)17(38-10(2)44)28(66-37)20(49)13(47)5-40/h9,12-35,40-43,46-56H,4-8H2,1-3H3,(H,38,44)(H,39,45)(H,57,58)/t9-,12+,13+,14-,15-,16-,17+,18-,19+,20+,21-,22-,23-,24-,25-,26-,27+,28+,29+,30-,31-,32+,33-,34-,35-,37-/m0/s1. The summed E-state index contributed by atoms with van der Waals surface area (Å²) in [6.45, 7) is -1.01. The number of hydrogen-bond donors (Lipinski definition) is 18. The second kappa shape index (κ2) is 23.1. The molecule has 388 valence electrons. The average molecular weight is 983 g/mol. The Hall–Kier alpha value is -2.55. The third-order valence-corrected chi connectivity index (χ3v) is 12.1. The summed E-state index contributed by atoms with van der Waals surface area (Å²) in [5, 5.41) is 175. The number of aliphatic hydroxyl groups excluding tert-OH is 15. The van der Waals surface area contributed by atoms with Crippen LogP contribution in [0.5, 0.6) is 0 Å². The number of amides is 2. The Bertz CT molecular complexity index is 1640. The molecule has 5 rings (SSSR count). The first kappa shape index (κ1) is 55.4. The van der Waals surface area contributed by atoms with E-state index >= 15 is 0 Å². The molecule has 0 bridgehead atoms. The number of carbonyl (C=O) groups is 3. The second-order valence-corrected chi connectivity index (χ2v) is 16.8. The fraction of sp³-hybridized carbons (Fsp3) is 0.919. The molecule has 0 radical (unpaired) electrons. The normalized spacial score (nSPS) is 47.1. The lowest BCUT2D eigenvalue weighted by Gasteiger charge is -2.52. The van der Waals surface area contributed by atoms with E-state index in [4.69, 9.17) is 42.6 Å². The van der Waals surface area contributed by atoms with Gasteiger partial charge in [-0.1, -0.05) is 0 Å². The molecule has 5 aliphatic rings. The number of aliphatic carboxylic acids is 1. The number of carboxylic acid groups (broad SMARTS) is 1. The first-order valence-corrected chi connectivity index (χ1v) is 21.1. The Kier molecular flexibility index (Phi) is 19.1. The van der Waals surface area contributed by atoms with Gasteiger partial charge in [0.05, 0.1) is 44.7 Å². The summed E-state index contributed by atoms with van der Waals surface area (Å²) >= 11 is 0. The summed E-state index contributed by atoms with van der Waals surface area (Å²) in [4.78, 5) is 37.9. The Labute approximate surface area is 379 Å². The molecule has 0 saturated carbocycles.